The molecule has 0 heterocycles. The van der Waals surface area contributed by atoms with E-state index in [2.05, 4.69) is 35.9 Å². The lowest BCUT2D eigenvalue weighted by molar-refractivity contribution is -0.137. The summed E-state index contributed by atoms with van der Waals surface area (Å²) in [5.74, 6) is -0.145. The second kappa shape index (κ2) is 12.7. The molecule has 3 N–H and O–H groups in total. The first-order valence-corrected chi connectivity index (χ1v) is 11.2. The van der Waals surface area contributed by atoms with E-state index < -0.39 is 12.1 Å². The molecule has 156 valence electrons. The Morgan fingerprint density at radius 3 is 2.52 bits per heavy atom. The molecule has 1 unspecified atom stereocenters. The van der Waals surface area contributed by atoms with E-state index in [1.165, 1.54) is 5.57 Å². The highest BCUT2D eigenvalue weighted by molar-refractivity contribution is 9.09. The molecule has 0 radical (unpaired) electrons. The fraction of sp³-hybridized carbons (Fsp3) is 0.773. The Balaban J connectivity index is 2.50. The number of rotatable bonds is 12. The topological polar surface area (TPSA) is 77.8 Å². The molecular formula is C22H37BrO4. The maximum absolute atomic E-state index is 10.5. The van der Waals surface area contributed by atoms with Crippen molar-refractivity contribution in [2.24, 2.45) is 17.8 Å². The van der Waals surface area contributed by atoms with Crippen LogP contribution in [0.2, 0.25) is 0 Å². The lowest BCUT2D eigenvalue weighted by atomic mass is 9.88. The summed E-state index contributed by atoms with van der Waals surface area (Å²) in [4.78, 5) is 10.8. The number of allylic oxidation sites excluding steroid dienone is 2. The number of aliphatic hydroxyl groups is 2. The van der Waals surface area contributed by atoms with E-state index in [9.17, 15) is 15.0 Å². The summed E-state index contributed by atoms with van der Waals surface area (Å²) >= 11 is 3.72. The number of aliphatic carboxylic acids is 1. The number of halogens is 1. The zero-order valence-electron chi connectivity index (χ0n) is 17.0. The maximum atomic E-state index is 10.5. The molecule has 1 rings (SSSR count). The van der Waals surface area contributed by atoms with Gasteiger partial charge in [-0.3, -0.25) is 4.79 Å². The largest absolute Gasteiger partial charge is 0.481 e. The van der Waals surface area contributed by atoms with E-state index in [1.54, 1.807) is 0 Å². The highest BCUT2D eigenvalue weighted by Crippen LogP contribution is 2.41. The van der Waals surface area contributed by atoms with E-state index in [0.29, 0.717) is 10.7 Å². The predicted molar refractivity (Wildman–Crippen MR) is 114 cm³/mol. The third-order valence-electron chi connectivity index (χ3n) is 5.56. The zero-order valence-corrected chi connectivity index (χ0v) is 18.6. The summed E-state index contributed by atoms with van der Waals surface area (Å²) in [5, 5.41) is 29.5. The average Bonchev–Trinajstić information content (AvgIpc) is 2.86. The molecule has 1 saturated carbocycles. The van der Waals surface area contributed by atoms with E-state index in [-0.39, 0.29) is 24.4 Å². The summed E-state index contributed by atoms with van der Waals surface area (Å²) in [7, 11) is 0. The van der Waals surface area contributed by atoms with E-state index in [1.807, 2.05) is 19.1 Å². The number of alkyl halides is 1. The van der Waals surface area contributed by atoms with Gasteiger partial charge in [-0.1, -0.05) is 65.9 Å². The van der Waals surface area contributed by atoms with E-state index >= 15 is 0 Å². The minimum Gasteiger partial charge on any atom is -0.481 e. The Kier molecular flexibility index (Phi) is 11.5. The van der Waals surface area contributed by atoms with Crippen LogP contribution in [0.25, 0.3) is 0 Å². The number of aliphatic hydroxyl groups excluding tert-OH is 2. The van der Waals surface area contributed by atoms with Crippen LogP contribution in [0.15, 0.2) is 23.8 Å². The van der Waals surface area contributed by atoms with Crippen molar-refractivity contribution in [3.63, 3.8) is 0 Å². The SMILES string of the molecule is CC(C)=CCC(C)[C@H](O)/C=C/[C@@H]1[C@@H](CCCCCCC(=O)O)[C@H](Br)C[C@H]1O. The monoisotopic (exact) mass is 444 g/mol. The number of carboxylic acids is 1. The van der Waals surface area contributed by atoms with Gasteiger partial charge < -0.3 is 15.3 Å². The van der Waals surface area contributed by atoms with Crippen LogP contribution in [-0.2, 0) is 4.79 Å². The first kappa shape index (κ1) is 24.4. The molecule has 5 heteroatoms. The second-order valence-electron chi connectivity index (χ2n) is 8.28. The van der Waals surface area contributed by atoms with Crippen molar-refractivity contribution in [3.05, 3.63) is 23.8 Å². The molecule has 0 amide bonds. The molecule has 0 aliphatic heterocycles. The van der Waals surface area contributed by atoms with Gasteiger partial charge in [0.1, 0.15) is 0 Å². The quantitative estimate of drug-likeness (QED) is 0.222. The number of carboxylic acid groups (broad SMARTS) is 1. The van der Waals surface area contributed by atoms with Crippen LogP contribution in [-0.4, -0.2) is 38.3 Å². The van der Waals surface area contributed by atoms with Crippen molar-refractivity contribution in [2.75, 3.05) is 0 Å². The van der Waals surface area contributed by atoms with E-state index in [0.717, 1.165) is 44.9 Å². The summed E-state index contributed by atoms with van der Waals surface area (Å²) in [6.45, 7) is 6.17. The minimum absolute atomic E-state index is 0.0682. The van der Waals surface area contributed by atoms with Gasteiger partial charge in [-0.2, -0.15) is 0 Å². The van der Waals surface area contributed by atoms with Gasteiger partial charge in [-0.25, -0.2) is 0 Å². The average molecular weight is 445 g/mol. The molecule has 4 nitrogen and oxygen atoms in total. The lowest BCUT2D eigenvalue weighted by Crippen LogP contribution is -2.20. The van der Waals surface area contributed by atoms with Crippen LogP contribution in [0.3, 0.4) is 0 Å². The van der Waals surface area contributed by atoms with Crippen molar-refractivity contribution in [1.29, 1.82) is 0 Å². The first-order chi connectivity index (χ1) is 12.7. The van der Waals surface area contributed by atoms with Crippen molar-refractivity contribution < 1.29 is 20.1 Å². The standard InChI is InChI=1S/C22H37BrO4/c1-15(2)10-11-16(3)20(24)13-12-18-17(19(23)14-21(18)25)8-6-4-5-7-9-22(26)27/h10,12-13,16-21,24-25H,4-9,11,14H2,1-3H3,(H,26,27)/b13-12+/t16?,17-,18-,19-,20-,21-/m1/s1. The van der Waals surface area contributed by atoms with E-state index in [4.69, 9.17) is 5.11 Å². The molecule has 0 aromatic rings. The number of hydrogen-bond donors (Lipinski definition) is 3. The van der Waals surface area contributed by atoms with Crippen molar-refractivity contribution in [2.45, 2.75) is 89.2 Å². The fourth-order valence-corrected chi connectivity index (χ4v) is 4.74. The summed E-state index contributed by atoms with van der Waals surface area (Å²) in [6, 6.07) is 0. The number of hydrogen-bond acceptors (Lipinski definition) is 3. The maximum Gasteiger partial charge on any atom is 0.303 e. The molecule has 0 bridgehead atoms. The van der Waals surface area contributed by atoms with Crippen LogP contribution < -0.4 is 0 Å². The molecule has 0 aromatic heterocycles. The third-order valence-corrected chi connectivity index (χ3v) is 6.61. The predicted octanol–water partition coefficient (Wildman–Crippen LogP) is 5.08. The fourth-order valence-electron chi connectivity index (χ4n) is 3.74. The van der Waals surface area contributed by atoms with Crippen LogP contribution >= 0.6 is 15.9 Å². The Bertz CT molecular complexity index is 499. The molecule has 0 spiro atoms. The van der Waals surface area contributed by atoms with Gasteiger partial charge >= 0.3 is 5.97 Å². The molecule has 0 saturated heterocycles. The molecule has 0 aromatic carbocycles. The van der Waals surface area contributed by atoms with Gasteiger partial charge in [0.15, 0.2) is 0 Å². The molecule has 27 heavy (non-hydrogen) atoms. The normalized spacial score (nSPS) is 27.6. The molecule has 1 fully saturated rings. The molecular weight excluding hydrogens is 408 g/mol. The van der Waals surface area contributed by atoms with Gasteiger partial charge in [0, 0.05) is 17.2 Å². The van der Waals surface area contributed by atoms with Gasteiger partial charge in [-0.15, -0.1) is 0 Å². The smallest absolute Gasteiger partial charge is 0.303 e. The molecule has 1 aliphatic carbocycles. The number of carbonyl (C=O) groups is 1. The Hall–Kier alpha value is -0.650. The van der Waals surface area contributed by atoms with Crippen molar-refractivity contribution in [3.8, 4) is 0 Å². The molecule has 1 aliphatic rings. The van der Waals surface area contributed by atoms with Crippen LogP contribution in [0.5, 0.6) is 0 Å². The Morgan fingerprint density at radius 2 is 1.89 bits per heavy atom. The zero-order chi connectivity index (χ0) is 20.4. The summed E-state index contributed by atoms with van der Waals surface area (Å²) in [6.07, 6.45) is 11.7. The van der Waals surface area contributed by atoms with Crippen LogP contribution in [0, 0.1) is 17.8 Å². The molecule has 6 atom stereocenters. The van der Waals surface area contributed by atoms with Gasteiger partial charge in [0.05, 0.1) is 12.2 Å². The Morgan fingerprint density at radius 1 is 1.22 bits per heavy atom. The van der Waals surface area contributed by atoms with Crippen molar-refractivity contribution >= 4 is 21.9 Å². The highest BCUT2D eigenvalue weighted by Gasteiger charge is 2.39. The van der Waals surface area contributed by atoms with Gasteiger partial charge in [-0.05, 0) is 51.4 Å². The second-order valence-corrected chi connectivity index (χ2v) is 9.45. The van der Waals surface area contributed by atoms with Gasteiger partial charge in [0.25, 0.3) is 0 Å². The summed E-state index contributed by atoms with van der Waals surface area (Å²) < 4.78 is 0. The number of unbranched alkanes of at least 4 members (excludes halogenated alkanes) is 3. The lowest BCUT2D eigenvalue weighted by Gasteiger charge is -2.22. The summed E-state index contributed by atoms with van der Waals surface area (Å²) in [5.41, 5.74) is 1.26. The minimum atomic E-state index is -0.725. The van der Waals surface area contributed by atoms with Gasteiger partial charge in [0.2, 0.25) is 0 Å². The first-order valence-electron chi connectivity index (χ1n) is 10.3. The Labute approximate surface area is 172 Å². The highest BCUT2D eigenvalue weighted by atomic mass is 79.9. The van der Waals surface area contributed by atoms with Crippen molar-refractivity contribution in [1.82, 2.24) is 0 Å². The van der Waals surface area contributed by atoms with Crippen LogP contribution in [0.4, 0.5) is 0 Å². The third kappa shape index (κ3) is 9.40. The van der Waals surface area contributed by atoms with Crippen LogP contribution in [0.1, 0.15) is 72.1 Å².